The topological polar surface area (TPSA) is 41.9 Å². The highest BCUT2D eigenvalue weighted by molar-refractivity contribution is 5.37. The zero-order valence-corrected chi connectivity index (χ0v) is 14.4. The van der Waals surface area contributed by atoms with E-state index in [4.69, 9.17) is 9.47 Å². The number of nitrogens with zero attached hydrogens (tertiary/aromatic N) is 1. The van der Waals surface area contributed by atoms with Gasteiger partial charge in [-0.05, 0) is 37.1 Å². The highest BCUT2D eigenvalue weighted by Gasteiger charge is 2.46. The maximum absolute atomic E-state index is 11.7. The molecule has 0 radical (unpaired) electrons. The van der Waals surface area contributed by atoms with E-state index in [-0.39, 0.29) is 6.10 Å². The summed E-state index contributed by atoms with van der Waals surface area (Å²) in [5, 5.41) is 11.7. The lowest BCUT2D eigenvalue weighted by atomic mass is 9.85. The second kappa shape index (κ2) is 7.26. The highest BCUT2D eigenvalue weighted by atomic mass is 16.7. The Morgan fingerprint density at radius 1 is 0.920 bits per heavy atom. The molecule has 2 aromatic rings. The van der Waals surface area contributed by atoms with Crippen molar-refractivity contribution < 1.29 is 14.6 Å². The molecule has 0 saturated carbocycles. The summed E-state index contributed by atoms with van der Waals surface area (Å²) in [6.45, 7) is 3.65. The van der Waals surface area contributed by atoms with Crippen molar-refractivity contribution in [2.75, 3.05) is 26.2 Å². The third-order valence-corrected chi connectivity index (χ3v) is 5.18. The molecule has 2 aromatic carbocycles. The lowest BCUT2D eigenvalue weighted by molar-refractivity contribution is -0.175. The Labute approximate surface area is 149 Å². The van der Waals surface area contributed by atoms with Crippen LogP contribution in [0.2, 0.25) is 0 Å². The minimum atomic E-state index is -1.32. The van der Waals surface area contributed by atoms with Crippen LogP contribution in [0.4, 0.5) is 0 Å². The average Bonchev–Trinajstić information content (AvgIpc) is 3.35. The average molecular weight is 339 g/mol. The van der Waals surface area contributed by atoms with Gasteiger partial charge in [-0.3, -0.25) is 0 Å². The first kappa shape index (κ1) is 16.7. The minimum Gasteiger partial charge on any atom is -0.375 e. The molecule has 132 valence electrons. The van der Waals surface area contributed by atoms with E-state index in [1.807, 2.05) is 60.7 Å². The Balaban J connectivity index is 1.59. The summed E-state index contributed by atoms with van der Waals surface area (Å²) in [6.07, 6.45) is 1.82. The van der Waals surface area contributed by atoms with Gasteiger partial charge in [0.25, 0.3) is 0 Å². The molecule has 2 atom stereocenters. The van der Waals surface area contributed by atoms with Crippen LogP contribution in [-0.4, -0.2) is 48.6 Å². The number of benzene rings is 2. The monoisotopic (exact) mass is 339 g/mol. The van der Waals surface area contributed by atoms with Gasteiger partial charge in [0.1, 0.15) is 0 Å². The highest BCUT2D eigenvalue weighted by Crippen LogP contribution is 2.38. The molecule has 0 bridgehead atoms. The van der Waals surface area contributed by atoms with Gasteiger partial charge in [-0.1, -0.05) is 60.7 Å². The second-order valence-electron chi connectivity index (χ2n) is 6.93. The van der Waals surface area contributed by atoms with Crippen molar-refractivity contribution in [2.45, 2.75) is 30.8 Å². The van der Waals surface area contributed by atoms with Gasteiger partial charge in [-0.25, -0.2) is 0 Å². The van der Waals surface area contributed by atoms with Crippen LogP contribution in [0.5, 0.6) is 0 Å². The zero-order chi connectivity index (χ0) is 17.1. The first-order valence-electron chi connectivity index (χ1n) is 9.09. The van der Waals surface area contributed by atoms with Gasteiger partial charge in [-0.2, -0.15) is 0 Å². The Kier molecular flexibility index (Phi) is 4.86. The van der Waals surface area contributed by atoms with Gasteiger partial charge in [0, 0.05) is 6.54 Å². The van der Waals surface area contributed by atoms with Crippen LogP contribution < -0.4 is 0 Å². The van der Waals surface area contributed by atoms with Crippen molar-refractivity contribution in [2.24, 2.45) is 0 Å². The third-order valence-electron chi connectivity index (χ3n) is 5.18. The maximum Gasteiger partial charge on any atom is 0.195 e. The normalized spacial score (nSPS) is 24.7. The molecule has 2 aliphatic rings. The van der Waals surface area contributed by atoms with Crippen molar-refractivity contribution in [3.05, 3.63) is 71.8 Å². The summed E-state index contributed by atoms with van der Waals surface area (Å²) in [5.41, 5.74) is 0.253. The number of likely N-dealkylation sites (tertiary alicyclic amines) is 1. The van der Waals surface area contributed by atoms with Crippen molar-refractivity contribution in [3.8, 4) is 0 Å². The van der Waals surface area contributed by atoms with E-state index >= 15 is 0 Å². The number of hydrogen-bond acceptors (Lipinski definition) is 4. The number of rotatable bonds is 5. The molecule has 1 N–H and O–H groups in total. The minimum absolute atomic E-state index is 0.00190. The van der Waals surface area contributed by atoms with Crippen LogP contribution in [0, 0.1) is 0 Å². The molecule has 2 heterocycles. The molecule has 25 heavy (non-hydrogen) atoms. The molecule has 0 unspecified atom stereocenters. The van der Waals surface area contributed by atoms with Crippen LogP contribution in [-0.2, 0) is 15.1 Å². The smallest absolute Gasteiger partial charge is 0.195 e. The lowest BCUT2D eigenvalue weighted by Crippen LogP contribution is -2.42. The molecule has 2 saturated heterocycles. The van der Waals surface area contributed by atoms with Crippen LogP contribution in [0.15, 0.2) is 60.7 Å². The van der Waals surface area contributed by atoms with E-state index in [9.17, 15) is 5.11 Å². The molecule has 0 spiro atoms. The largest absolute Gasteiger partial charge is 0.375 e. The van der Waals surface area contributed by atoms with Gasteiger partial charge >= 0.3 is 0 Å². The van der Waals surface area contributed by atoms with Crippen molar-refractivity contribution in [3.63, 3.8) is 0 Å². The number of aliphatic hydroxyl groups is 1. The molecular weight excluding hydrogens is 314 g/mol. The van der Waals surface area contributed by atoms with Crippen molar-refractivity contribution in [1.29, 1.82) is 0 Å². The molecular formula is C21H25NO3. The summed E-state index contributed by atoms with van der Waals surface area (Å²) >= 11 is 0. The number of ether oxygens (including phenoxy) is 2. The van der Waals surface area contributed by atoms with Gasteiger partial charge in [0.05, 0.1) is 12.7 Å². The predicted molar refractivity (Wildman–Crippen MR) is 96.2 cm³/mol. The second-order valence-corrected chi connectivity index (χ2v) is 6.93. The Morgan fingerprint density at radius 3 is 2.04 bits per heavy atom. The van der Waals surface area contributed by atoms with Gasteiger partial charge in [0.15, 0.2) is 11.9 Å². The third kappa shape index (κ3) is 3.35. The first-order valence-corrected chi connectivity index (χ1v) is 9.09. The van der Waals surface area contributed by atoms with Gasteiger partial charge < -0.3 is 19.5 Å². The zero-order valence-electron chi connectivity index (χ0n) is 14.4. The summed E-state index contributed by atoms with van der Waals surface area (Å²) in [4.78, 5) is 2.42. The van der Waals surface area contributed by atoms with E-state index in [1.54, 1.807) is 0 Å². The van der Waals surface area contributed by atoms with Crippen molar-refractivity contribution in [1.82, 2.24) is 4.90 Å². The number of hydrogen-bond donors (Lipinski definition) is 1. The predicted octanol–water partition coefficient (Wildman–Crippen LogP) is 2.76. The summed E-state index contributed by atoms with van der Waals surface area (Å²) in [5.74, 6) is 0. The summed E-state index contributed by atoms with van der Waals surface area (Å²) < 4.78 is 12.1. The fourth-order valence-corrected chi connectivity index (χ4v) is 3.84. The van der Waals surface area contributed by atoms with Gasteiger partial charge in [-0.15, -0.1) is 0 Å². The maximum atomic E-state index is 11.7. The standard InChI is InChI=1S/C21H25NO3/c23-21(17-9-3-1-4-10-17,18-11-5-2-6-12-18)20-24-16-19(25-20)15-22-13-7-8-14-22/h1-6,9-12,19-20,23H,7-8,13-16H2/t19-,20-/m1/s1. The van der Waals surface area contributed by atoms with Crippen LogP contribution in [0.1, 0.15) is 24.0 Å². The first-order chi connectivity index (χ1) is 12.3. The Bertz CT molecular complexity index is 631. The van der Waals surface area contributed by atoms with Crippen LogP contribution in [0.25, 0.3) is 0 Å². The van der Waals surface area contributed by atoms with Crippen LogP contribution >= 0.6 is 0 Å². The molecule has 4 rings (SSSR count). The van der Waals surface area contributed by atoms with Crippen LogP contribution in [0.3, 0.4) is 0 Å². The SMILES string of the molecule is OC(c1ccccc1)(c1ccccc1)[C@@H]1OC[C@@H](CN2CCCC2)O1. The fourth-order valence-electron chi connectivity index (χ4n) is 3.84. The van der Waals surface area contributed by atoms with E-state index in [1.165, 1.54) is 12.8 Å². The van der Waals surface area contributed by atoms with E-state index in [0.29, 0.717) is 6.61 Å². The van der Waals surface area contributed by atoms with E-state index in [2.05, 4.69) is 4.90 Å². The molecule has 0 aliphatic carbocycles. The molecule has 2 fully saturated rings. The molecule has 4 nitrogen and oxygen atoms in total. The molecule has 2 aliphatic heterocycles. The summed E-state index contributed by atoms with van der Waals surface area (Å²) in [6, 6.07) is 19.3. The Hall–Kier alpha value is -1.72. The quantitative estimate of drug-likeness (QED) is 0.910. The molecule has 0 amide bonds. The molecule has 4 heteroatoms. The van der Waals surface area contributed by atoms with E-state index < -0.39 is 11.9 Å². The van der Waals surface area contributed by atoms with Crippen molar-refractivity contribution >= 4 is 0 Å². The lowest BCUT2D eigenvalue weighted by Gasteiger charge is -2.34. The molecule has 0 aromatic heterocycles. The fraction of sp³-hybridized carbons (Fsp3) is 0.429. The van der Waals surface area contributed by atoms with Gasteiger partial charge in [0.2, 0.25) is 0 Å². The summed E-state index contributed by atoms with van der Waals surface area (Å²) in [7, 11) is 0. The van der Waals surface area contributed by atoms with E-state index in [0.717, 1.165) is 30.8 Å². The Morgan fingerprint density at radius 2 is 1.48 bits per heavy atom.